The van der Waals surface area contributed by atoms with Crippen molar-refractivity contribution in [2.24, 2.45) is 0 Å². The molecule has 0 aliphatic carbocycles. The van der Waals surface area contributed by atoms with E-state index < -0.39 is 0 Å². The summed E-state index contributed by atoms with van der Waals surface area (Å²) in [6.07, 6.45) is 0. The van der Waals surface area contributed by atoms with E-state index in [0.717, 1.165) is 0 Å². The smallest absolute Gasteiger partial charge is 0.187 e. The Balaban J connectivity index is 0. The van der Waals surface area contributed by atoms with Gasteiger partial charge < -0.3 is 5.48 Å². The Hall–Kier alpha value is 1.49. The molecule has 0 aliphatic rings. The van der Waals surface area contributed by atoms with Crippen LogP contribution in [0.25, 0.3) is 0 Å². The molecule has 0 aromatic rings. The third-order valence-corrected chi connectivity index (χ3v) is 0. The molecule has 1 radical (unpaired) electrons. The van der Waals surface area contributed by atoms with Crippen LogP contribution in [0.5, 0.6) is 0 Å². The van der Waals surface area contributed by atoms with Crippen LogP contribution in [-0.4, -0.2) is 22.8 Å². The first-order valence-corrected chi connectivity index (χ1v) is 0. The van der Waals surface area contributed by atoms with Crippen LogP contribution in [0, 0.1) is 0 Å². The first-order valence-electron chi connectivity index (χ1n) is 0. The molecule has 4 heavy (non-hydrogen) atoms. The summed E-state index contributed by atoms with van der Waals surface area (Å²) in [5, 5.41) is 0. The molecule has 0 saturated carbocycles. The maximum atomic E-state index is 0. The summed E-state index contributed by atoms with van der Waals surface area (Å²) in [4.78, 5) is 0. The van der Waals surface area contributed by atoms with Crippen molar-refractivity contribution in [2.75, 3.05) is 0 Å². The van der Waals surface area contributed by atoms with Crippen molar-refractivity contribution in [2.45, 2.75) is 0 Å². The van der Waals surface area contributed by atoms with Crippen LogP contribution in [0.4, 0.5) is 0 Å². The third-order valence-electron chi connectivity index (χ3n) is 0. The molecule has 0 bridgehead atoms. The minimum absolute atomic E-state index is 0. The average molecular weight is 166 g/mol. The fourth-order valence-corrected chi connectivity index (χ4v) is 0. The minimum atomic E-state index is 0. The molecule has 0 spiro atoms. The summed E-state index contributed by atoms with van der Waals surface area (Å²) in [6.45, 7) is 0. The molecule has 0 fully saturated rings. The molecule has 33 valence electrons. The zero-order chi connectivity index (χ0) is 0. The van der Waals surface area contributed by atoms with Gasteiger partial charge in [-0.05, 0) is 0 Å². The minimum Gasteiger partial charge on any atom is -0.412 e. The molecule has 0 aliphatic heterocycles. The fraction of sp³-hybridized carbons (Fsp3) is 0. The Morgan fingerprint density at radius 1 is 1.00 bits per heavy atom. The van der Waals surface area contributed by atoms with Crippen molar-refractivity contribution in [3.05, 3.63) is 0 Å². The Kier molecular flexibility index (Phi) is 306. The van der Waals surface area contributed by atoms with Crippen LogP contribution in [-0.2, 0) is 33.3 Å². The van der Waals surface area contributed by atoms with Crippen molar-refractivity contribution in [1.29, 1.82) is 0 Å². The van der Waals surface area contributed by atoms with E-state index in [9.17, 15) is 0 Å². The molecule has 0 aromatic carbocycles. The van der Waals surface area contributed by atoms with Gasteiger partial charge in [0.1, 0.15) is 0 Å². The van der Waals surface area contributed by atoms with Crippen LogP contribution in [0.3, 0.4) is 0 Å². The summed E-state index contributed by atoms with van der Waals surface area (Å²) < 4.78 is 0. The Bertz CT molecular complexity index is 8.00. The first-order chi connectivity index (χ1) is 0. The van der Waals surface area contributed by atoms with E-state index in [0.29, 0.717) is 0 Å². The second-order valence-electron chi connectivity index (χ2n) is 0. The van der Waals surface area contributed by atoms with Crippen LogP contribution < -0.4 is 0 Å². The van der Waals surface area contributed by atoms with E-state index >= 15 is 0 Å². The quantitative estimate of drug-likeness (QED) is 0.372. The van der Waals surface area contributed by atoms with Gasteiger partial charge >= 0.3 is 0 Å². The van der Waals surface area contributed by atoms with E-state index in [-0.39, 0.29) is 56.1 Å². The number of hydrogen-bond acceptors (Lipinski definition) is 0. The molecule has 4 heteroatoms. The van der Waals surface area contributed by atoms with Gasteiger partial charge in [0.25, 0.3) is 0 Å². The molecule has 0 aromatic heterocycles. The predicted octanol–water partition coefficient (Wildman–Crippen LogP) is -2.01. The van der Waals surface area contributed by atoms with Crippen molar-refractivity contribution >= 4 is 17.4 Å². The predicted molar refractivity (Wildman–Crippen MR) is 13.6 cm³/mol. The number of hydrogen-bond donors (Lipinski definition) is 0. The summed E-state index contributed by atoms with van der Waals surface area (Å²) in [7, 11) is 0. The Morgan fingerprint density at radius 2 is 1.00 bits per heavy atom. The molecule has 0 atom stereocenters. The molecule has 2 N–H and O–H groups in total. The molecule has 0 amide bonds. The van der Waals surface area contributed by atoms with Gasteiger partial charge in [0, 0.05) is 33.3 Å². The summed E-state index contributed by atoms with van der Waals surface area (Å²) >= 11 is 0. The monoisotopic (exact) mass is 165 g/mol. The van der Waals surface area contributed by atoms with E-state index in [4.69, 9.17) is 0 Å². The van der Waals surface area contributed by atoms with Crippen molar-refractivity contribution in [3.8, 4) is 0 Å². The molecular weight excluding hydrogens is 161 g/mol. The van der Waals surface area contributed by atoms with E-state index in [1.807, 2.05) is 0 Å². The second-order valence-corrected chi connectivity index (χ2v) is 0. The van der Waals surface area contributed by atoms with Gasteiger partial charge in [0.15, 0.2) is 17.4 Å². The van der Waals surface area contributed by atoms with E-state index in [1.54, 1.807) is 0 Å². The first kappa shape index (κ1) is 49.8. The van der Waals surface area contributed by atoms with E-state index in [2.05, 4.69) is 0 Å². The standard InChI is InChI=1S/Al.Co.Ni.H2O.3H/h;;;1H2;;;. The van der Waals surface area contributed by atoms with Crippen LogP contribution in [0.1, 0.15) is 0 Å². The van der Waals surface area contributed by atoms with Gasteiger partial charge in [-0.25, -0.2) is 0 Å². The van der Waals surface area contributed by atoms with Gasteiger partial charge in [-0.15, -0.1) is 0 Å². The topological polar surface area (TPSA) is 31.5 Å². The van der Waals surface area contributed by atoms with Crippen LogP contribution in [0.2, 0.25) is 0 Å². The van der Waals surface area contributed by atoms with E-state index in [1.165, 1.54) is 0 Å². The maximum Gasteiger partial charge on any atom is 0.187 e. The van der Waals surface area contributed by atoms with Gasteiger partial charge in [-0.2, -0.15) is 0 Å². The molecule has 0 heterocycles. The molecule has 0 rings (SSSR count). The molecular formula is H5AlCoNiO. The largest absolute Gasteiger partial charge is 0.412 e. The number of rotatable bonds is 0. The fourth-order valence-electron chi connectivity index (χ4n) is 0. The maximum absolute atomic E-state index is 0. The SMILES string of the molecule is O.[AlH3].[Co].[Ni]. The van der Waals surface area contributed by atoms with Crippen LogP contribution in [0.15, 0.2) is 0 Å². The van der Waals surface area contributed by atoms with Crippen LogP contribution >= 0.6 is 0 Å². The zero-order valence-corrected chi connectivity index (χ0v) is 3.18. The van der Waals surface area contributed by atoms with Gasteiger partial charge in [-0.1, -0.05) is 0 Å². The average Bonchev–Trinajstić information content (AvgIpc) is 0. The van der Waals surface area contributed by atoms with Crippen molar-refractivity contribution in [3.63, 3.8) is 0 Å². The summed E-state index contributed by atoms with van der Waals surface area (Å²) in [5.74, 6) is 0. The van der Waals surface area contributed by atoms with Gasteiger partial charge in [-0.3, -0.25) is 0 Å². The molecule has 0 saturated heterocycles. The van der Waals surface area contributed by atoms with Gasteiger partial charge in [0.2, 0.25) is 0 Å². The zero-order valence-electron chi connectivity index (χ0n) is 1.15. The molecule has 0 unspecified atom stereocenters. The third kappa shape index (κ3) is 9.74. The normalized spacial score (nSPS) is 0. The molecule has 1 nitrogen and oxygen atoms in total. The second kappa shape index (κ2) is 24.6. The van der Waals surface area contributed by atoms with Gasteiger partial charge in [0.05, 0.1) is 0 Å². The summed E-state index contributed by atoms with van der Waals surface area (Å²) in [6, 6.07) is 0. The van der Waals surface area contributed by atoms with Crippen molar-refractivity contribution < 1.29 is 38.7 Å². The summed E-state index contributed by atoms with van der Waals surface area (Å²) in [5.41, 5.74) is 0. The van der Waals surface area contributed by atoms with Crippen molar-refractivity contribution in [1.82, 2.24) is 0 Å². The Morgan fingerprint density at radius 3 is 1.00 bits per heavy atom. The Labute approximate surface area is 56.1 Å².